The molecule has 5 nitrogen and oxygen atoms in total. The van der Waals surface area contributed by atoms with Gasteiger partial charge in [-0.3, -0.25) is 4.79 Å². The smallest absolute Gasteiger partial charge is 0.322 e. The molecule has 36 heavy (non-hydrogen) atoms. The molecule has 2 aromatic carbocycles. The molecule has 1 aliphatic carbocycles. The molecule has 3 aromatic rings. The zero-order valence-corrected chi connectivity index (χ0v) is 22.4. The van der Waals surface area contributed by atoms with E-state index in [1.807, 2.05) is 67.3 Å². The first kappa shape index (κ1) is 26.0. The largest absolute Gasteiger partial charge is 0.332 e. The van der Waals surface area contributed by atoms with Crippen LogP contribution in [0, 0.1) is 20.8 Å². The van der Waals surface area contributed by atoms with Crippen molar-refractivity contribution in [2.45, 2.75) is 72.0 Å². The third kappa shape index (κ3) is 6.55. The number of anilines is 1. The van der Waals surface area contributed by atoms with E-state index in [1.54, 1.807) is 16.2 Å². The summed E-state index contributed by atoms with van der Waals surface area (Å²) in [7, 11) is 0. The third-order valence-electron chi connectivity index (χ3n) is 7.30. The lowest BCUT2D eigenvalue weighted by Gasteiger charge is -2.35. The van der Waals surface area contributed by atoms with Gasteiger partial charge in [-0.15, -0.1) is 11.3 Å². The topological polar surface area (TPSA) is 52.7 Å². The van der Waals surface area contributed by atoms with E-state index >= 15 is 0 Å². The fraction of sp³-hybridized carbons (Fsp3) is 0.400. The average Bonchev–Trinajstić information content (AvgIpc) is 3.30. The van der Waals surface area contributed by atoms with Gasteiger partial charge in [-0.05, 0) is 73.4 Å². The van der Waals surface area contributed by atoms with E-state index in [0.717, 1.165) is 48.1 Å². The Morgan fingerprint density at radius 2 is 1.64 bits per heavy atom. The second-order valence-corrected chi connectivity index (χ2v) is 10.9. The highest BCUT2D eigenvalue weighted by Gasteiger charge is 2.30. The number of hydrogen-bond donors (Lipinski definition) is 1. The van der Waals surface area contributed by atoms with Crippen LogP contribution in [0.4, 0.5) is 10.5 Å². The lowest BCUT2D eigenvalue weighted by atomic mass is 9.94. The molecule has 0 bridgehead atoms. The minimum absolute atomic E-state index is 0.0201. The number of benzene rings is 2. The van der Waals surface area contributed by atoms with Gasteiger partial charge in [0.1, 0.15) is 6.54 Å². The molecular weight excluding hydrogens is 466 g/mol. The third-order valence-corrected chi connectivity index (χ3v) is 8.31. The maximum absolute atomic E-state index is 13.8. The summed E-state index contributed by atoms with van der Waals surface area (Å²) in [5, 5.41) is 5.19. The summed E-state index contributed by atoms with van der Waals surface area (Å²) < 4.78 is 0. The molecule has 190 valence electrons. The number of urea groups is 1. The Bertz CT molecular complexity index is 1170. The zero-order valence-electron chi connectivity index (χ0n) is 21.6. The first-order valence-corrected chi connectivity index (χ1v) is 13.8. The summed E-state index contributed by atoms with van der Waals surface area (Å²) in [6.45, 7) is 7.30. The maximum atomic E-state index is 13.8. The van der Waals surface area contributed by atoms with Crippen molar-refractivity contribution in [2.24, 2.45) is 0 Å². The van der Waals surface area contributed by atoms with Crippen molar-refractivity contribution in [3.8, 4) is 0 Å². The van der Waals surface area contributed by atoms with Gasteiger partial charge in [-0.1, -0.05) is 61.7 Å². The van der Waals surface area contributed by atoms with Crippen LogP contribution in [0.2, 0.25) is 0 Å². The van der Waals surface area contributed by atoms with Gasteiger partial charge in [0.15, 0.2) is 0 Å². The number of rotatable bonds is 8. The molecule has 1 heterocycles. The molecule has 4 rings (SSSR count). The summed E-state index contributed by atoms with van der Waals surface area (Å²) >= 11 is 1.68. The Kier molecular flexibility index (Phi) is 8.81. The Hall–Kier alpha value is -3.12. The van der Waals surface area contributed by atoms with Crippen LogP contribution < -0.4 is 5.32 Å². The molecule has 0 spiro atoms. The van der Waals surface area contributed by atoms with Crippen LogP contribution in [0.1, 0.15) is 59.2 Å². The minimum Gasteiger partial charge on any atom is -0.332 e. The van der Waals surface area contributed by atoms with Crippen molar-refractivity contribution in [2.75, 3.05) is 11.9 Å². The normalized spacial score (nSPS) is 13.9. The first-order valence-electron chi connectivity index (χ1n) is 12.9. The summed E-state index contributed by atoms with van der Waals surface area (Å²) in [6, 6.07) is 18.0. The fourth-order valence-electron chi connectivity index (χ4n) is 4.85. The summed E-state index contributed by atoms with van der Waals surface area (Å²) in [6.07, 6.45) is 5.25. The summed E-state index contributed by atoms with van der Waals surface area (Å²) in [4.78, 5) is 32.3. The van der Waals surface area contributed by atoms with Gasteiger partial charge in [-0.2, -0.15) is 0 Å². The first-order chi connectivity index (χ1) is 17.4. The van der Waals surface area contributed by atoms with E-state index in [2.05, 4.69) is 23.7 Å². The average molecular weight is 504 g/mol. The highest BCUT2D eigenvalue weighted by Crippen LogP contribution is 2.26. The second kappa shape index (κ2) is 12.2. The molecule has 1 aliphatic rings. The van der Waals surface area contributed by atoms with E-state index in [4.69, 9.17) is 0 Å². The molecule has 0 unspecified atom stereocenters. The van der Waals surface area contributed by atoms with Crippen molar-refractivity contribution in [1.29, 1.82) is 0 Å². The number of aryl methyl sites for hydroxylation is 2. The molecule has 1 aromatic heterocycles. The highest BCUT2D eigenvalue weighted by atomic mass is 32.1. The number of nitrogens with one attached hydrogen (secondary N) is 1. The molecule has 3 amide bonds. The van der Waals surface area contributed by atoms with Crippen LogP contribution in [0.3, 0.4) is 0 Å². The number of carbonyl (C=O) groups excluding carboxylic acids is 2. The SMILES string of the molecule is Cc1ccsc1CN(Cc1ccccc1)C(=O)CN(C(=O)Nc1cccc(C)c1C)C1CCCCC1. The summed E-state index contributed by atoms with van der Waals surface area (Å²) in [5.41, 5.74) is 5.28. The monoisotopic (exact) mass is 503 g/mol. The lowest BCUT2D eigenvalue weighted by Crippen LogP contribution is -2.49. The predicted molar refractivity (Wildman–Crippen MR) is 148 cm³/mol. The maximum Gasteiger partial charge on any atom is 0.322 e. The standard InChI is InChI=1S/C30H37N3O2S/c1-22-11-10-16-27(24(22)3)31-30(35)33(26-14-8-5-9-15-26)21-29(34)32(19-25-12-6-4-7-13-25)20-28-23(2)17-18-36-28/h4,6-7,10-13,16-18,26H,5,8-9,14-15,19-21H2,1-3H3,(H,31,35). The Morgan fingerprint density at radius 1 is 0.889 bits per heavy atom. The number of nitrogens with zero attached hydrogens (tertiary/aromatic N) is 2. The number of carbonyl (C=O) groups is 2. The lowest BCUT2D eigenvalue weighted by molar-refractivity contribution is -0.133. The van der Waals surface area contributed by atoms with E-state index in [-0.39, 0.29) is 24.5 Å². The van der Waals surface area contributed by atoms with Gasteiger partial charge in [0.05, 0.1) is 6.54 Å². The zero-order chi connectivity index (χ0) is 25.5. The Labute approximate surface area is 219 Å². The van der Waals surface area contributed by atoms with Crippen molar-refractivity contribution in [3.63, 3.8) is 0 Å². The van der Waals surface area contributed by atoms with Crippen molar-refractivity contribution < 1.29 is 9.59 Å². The van der Waals surface area contributed by atoms with Gasteiger partial charge in [0.2, 0.25) is 5.91 Å². The van der Waals surface area contributed by atoms with Crippen LogP contribution in [0.25, 0.3) is 0 Å². The van der Waals surface area contributed by atoms with Gasteiger partial charge in [0, 0.05) is 23.2 Å². The Balaban J connectivity index is 1.56. The van der Waals surface area contributed by atoms with Crippen molar-refractivity contribution >= 4 is 29.0 Å². The molecule has 0 radical (unpaired) electrons. The van der Waals surface area contributed by atoms with Gasteiger partial charge in [0.25, 0.3) is 0 Å². The van der Waals surface area contributed by atoms with E-state index < -0.39 is 0 Å². The Morgan fingerprint density at radius 3 is 2.33 bits per heavy atom. The number of thiophene rings is 1. The summed E-state index contributed by atoms with van der Waals surface area (Å²) in [5.74, 6) is -0.0201. The number of amides is 3. The fourth-order valence-corrected chi connectivity index (χ4v) is 5.77. The van der Waals surface area contributed by atoms with E-state index in [1.165, 1.54) is 16.9 Å². The molecule has 0 atom stereocenters. The molecule has 6 heteroatoms. The van der Waals surface area contributed by atoms with E-state index in [0.29, 0.717) is 13.1 Å². The molecule has 1 saturated carbocycles. The number of hydrogen-bond acceptors (Lipinski definition) is 3. The van der Waals surface area contributed by atoms with E-state index in [9.17, 15) is 9.59 Å². The molecule has 0 aliphatic heterocycles. The van der Waals surface area contributed by atoms with Gasteiger partial charge >= 0.3 is 6.03 Å². The highest BCUT2D eigenvalue weighted by molar-refractivity contribution is 7.10. The molecule has 1 fully saturated rings. The van der Waals surface area contributed by atoms with Crippen LogP contribution >= 0.6 is 11.3 Å². The molecule has 1 N–H and O–H groups in total. The van der Waals surface area contributed by atoms with Gasteiger partial charge < -0.3 is 15.1 Å². The van der Waals surface area contributed by atoms with Gasteiger partial charge in [-0.25, -0.2) is 4.79 Å². The molecular formula is C30H37N3O2S. The van der Waals surface area contributed by atoms with Crippen LogP contribution in [-0.4, -0.2) is 34.3 Å². The van der Waals surface area contributed by atoms with Crippen LogP contribution in [0.5, 0.6) is 0 Å². The van der Waals surface area contributed by atoms with Crippen LogP contribution in [0.15, 0.2) is 60.0 Å². The molecule has 0 saturated heterocycles. The van der Waals surface area contributed by atoms with Crippen LogP contribution in [-0.2, 0) is 17.9 Å². The predicted octanol–water partition coefficient (Wildman–Crippen LogP) is 7.07. The minimum atomic E-state index is -0.184. The quantitative estimate of drug-likeness (QED) is 0.357. The van der Waals surface area contributed by atoms with Crippen molar-refractivity contribution in [1.82, 2.24) is 9.80 Å². The van der Waals surface area contributed by atoms with Crippen molar-refractivity contribution in [3.05, 3.63) is 87.1 Å². The second-order valence-electron chi connectivity index (χ2n) is 9.86.